The van der Waals surface area contributed by atoms with Crippen molar-refractivity contribution in [1.29, 1.82) is 0 Å². The van der Waals surface area contributed by atoms with Gasteiger partial charge in [-0.05, 0) is 29.8 Å². The molecule has 0 spiro atoms. The molecule has 2 aromatic carbocycles. The highest BCUT2D eigenvalue weighted by atomic mass is 35.5. The Kier molecular flexibility index (Phi) is 4.81. The predicted octanol–water partition coefficient (Wildman–Crippen LogP) is 4.53. The van der Waals surface area contributed by atoms with Crippen LogP contribution in [0.2, 0.25) is 10.0 Å². The average molecular weight is 351 g/mol. The Labute approximate surface area is 132 Å². The molecule has 0 saturated carbocycles. The Morgan fingerprint density at radius 2 is 1.70 bits per heavy atom. The van der Waals surface area contributed by atoms with Crippen LogP contribution < -0.4 is 4.72 Å². The fourth-order valence-corrected chi connectivity index (χ4v) is 3.31. The van der Waals surface area contributed by atoms with Gasteiger partial charge in [-0.15, -0.1) is 11.6 Å². The van der Waals surface area contributed by atoms with Crippen LogP contribution in [0.1, 0.15) is 5.56 Å². The number of nitrogens with one attached hydrogen (secondary N) is 1. The second-order valence-electron chi connectivity index (χ2n) is 3.97. The molecule has 0 aromatic heterocycles. The molecule has 20 heavy (non-hydrogen) atoms. The van der Waals surface area contributed by atoms with E-state index in [-0.39, 0.29) is 15.8 Å². The van der Waals surface area contributed by atoms with E-state index in [9.17, 15) is 8.42 Å². The highest BCUT2D eigenvalue weighted by molar-refractivity contribution is 7.92. The molecule has 0 bridgehead atoms. The van der Waals surface area contributed by atoms with Crippen molar-refractivity contribution in [1.82, 2.24) is 0 Å². The van der Waals surface area contributed by atoms with Gasteiger partial charge in [-0.3, -0.25) is 4.72 Å². The quantitative estimate of drug-likeness (QED) is 0.823. The highest BCUT2D eigenvalue weighted by Gasteiger charge is 2.16. The van der Waals surface area contributed by atoms with Gasteiger partial charge in [0.1, 0.15) is 0 Å². The number of rotatable bonds is 4. The lowest BCUT2D eigenvalue weighted by Crippen LogP contribution is -2.14. The third kappa shape index (κ3) is 3.38. The van der Waals surface area contributed by atoms with Crippen molar-refractivity contribution in [3.05, 3.63) is 58.1 Å². The number of anilines is 1. The van der Waals surface area contributed by atoms with Crippen LogP contribution in [0.15, 0.2) is 47.4 Å². The van der Waals surface area contributed by atoms with Crippen molar-refractivity contribution >= 4 is 50.5 Å². The van der Waals surface area contributed by atoms with E-state index in [2.05, 4.69) is 4.72 Å². The first-order chi connectivity index (χ1) is 9.44. The van der Waals surface area contributed by atoms with Crippen LogP contribution in [0.25, 0.3) is 0 Å². The van der Waals surface area contributed by atoms with Gasteiger partial charge in [-0.25, -0.2) is 8.42 Å². The summed E-state index contributed by atoms with van der Waals surface area (Å²) in [4.78, 5) is 0.0382. The van der Waals surface area contributed by atoms with E-state index >= 15 is 0 Å². The molecule has 0 aliphatic rings. The fourth-order valence-electron chi connectivity index (χ4n) is 1.58. The van der Waals surface area contributed by atoms with Crippen molar-refractivity contribution in [3.8, 4) is 0 Å². The van der Waals surface area contributed by atoms with Crippen LogP contribution in [-0.2, 0) is 15.9 Å². The molecule has 0 amide bonds. The van der Waals surface area contributed by atoms with Crippen LogP contribution in [0.4, 0.5) is 5.69 Å². The largest absolute Gasteiger partial charge is 0.279 e. The lowest BCUT2D eigenvalue weighted by atomic mass is 10.2. The molecular formula is C13H10Cl3NO2S. The summed E-state index contributed by atoms with van der Waals surface area (Å²) in [5.41, 5.74) is 1.13. The summed E-state index contributed by atoms with van der Waals surface area (Å²) in [5, 5.41) is 0.479. The van der Waals surface area contributed by atoms with Crippen molar-refractivity contribution in [2.45, 2.75) is 10.8 Å². The third-order valence-corrected chi connectivity index (χ3v) is 5.00. The van der Waals surface area contributed by atoms with Gasteiger partial charge in [0, 0.05) is 5.88 Å². The summed E-state index contributed by atoms with van der Waals surface area (Å²) in [7, 11) is -3.74. The second-order valence-corrected chi connectivity index (χ2v) is 6.74. The van der Waals surface area contributed by atoms with Crippen molar-refractivity contribution in [2.24, 2.45) is 0 Å². The molecule has 106 valence electrons. The molecule has 0 radical (unpaired) electrons. The molecule has 0 saturated heterocycles. The first kappa shape index (κ1) is 15.4. The minimum atomic E-state index is -3.74. The number of halogens is 3. The molecule has 7 heteroatoms. The zero-order valence-corrected chi connectivity index (χ0v) is 13.2. The van der Waals surface area contributed by atoms with Crippen LogP contribution in [0, 0.1) is 0 Å². The number of sulfonamides is 1. The van der Waals surface area contributed by atoms with Gasteiger partial charge >= 0.3 is 0 Å². The van der Waals surface area contributed by atoms with Gasteiger partial charge < -0.3 is 0 Å². The molecule has 3 nitrogen and oxygen atoms in total. The van der Waals surface area contributed by atoms with Crippen LogP contribution in [0.3, 0.4) is 0 Å². The summed E-state index contributed by atoms with van der Waals surface area (Å²) < 4.78 is 27.0. The number of para-hydroxylation sites is 1. The molecular weight excluding hydrogens is 341 g/mol. The monoisotopic (exact) mass is 349 g/mol. The molecule has 2 rings (SSSR count). The first-order valence-electron chi connectivity index (χ1n) is 5.56. The van der Waals surface area contributed by atoms with E-state index in [1.807, 2.05) is 0 Å². The number of benzene rings is 2. The van der Waals surface area contributed by atoms with Crippen molar-refractivity contribution in [3.63, 3.8) is 0 Å². The molecule has 0 aliphatic carbocycles. The minimum absolute atomic E-state index is 0.0382. The molecule has 1 N–H and O–H groups in total. The average Bonchev–Trinajstić information content (AvgIpc) is 2.42. The second kappa shape index (κ2) is 6.22. The zero-order chi connectivity index (χ0) is 14.8. The SMILES string of the molecule is O=S(=O)(Nc1ccccc1CCl)c1ccc(Cl)c(Cl)c1. The lowest BCUT2D eigenvalue weighted by molar-refractivity contribution is 0.601. The Balaban J connectivity index is 2.38. The standard InChI is InChI=1S/C13H10Cl3NO2S/c14-8-9-3-1-2-4-13(9)17-20(18,19)10-5-6-11(15)12(16)7-10/h1-7,17H,8H2. The van der Waals surface area contributed by atoms with Crippen molar-refractivity contribution in [2.75, 3.05) is 4.72 Å². The fraction of sp³-hybridized carbons (Fsp3) is 0.0769. The summed E-state index contributed by atoms with van der Waals surface area (Å²) in [6, 6.07) is 11.0. The van der Waals surface area contributed by atoms with Crippen LogP contribution in [0.5, 0.6) is 0 Å². The summed E-state index contributed by atoms with van der Waals surface area (Å²) >= 11 is 17.4. The molecule has 0 aliphatic heterocycles. The van der Waals surface area contributed by atoms with E-state index in [4.69, 9.17) is 34.8 Å². The summed E-state index contributed by atoms with van der Waals surface area (Å²) in [6.07, 6.45) is 0. The van der Waals surface area contributed by atoms with Gasteiger partial charge in [0.15, 0.2) is 0 Å². The minimum Gasteiger partial charge on any atom is -0.279 e. The normalized spacial score (nSPS) is 11.3. The Morgan fingerprint density at radius 1 is 1.00 bits per heavy atom. The maximum absolute atomic E-state index is 12.3. The Morgan fingerprint density at radius 3 is 2.35 bits per heavy atom. The summed E-state index contributed by atoms with van der Waals surface area (Å²) in [6.45, 7) is 0. The molecule has 0 heterocycles. The Hall–Kier alpha value is -0.940. The highest BCUT2D eigenvalue weighted by Crippen LogP contribution is 2.27. The van der Waals surface area contributed by atoms with E-state index in [0.717, 1.165) is 0 Å². The lowest BCUT2D eigenvalue weighted by Gasteiger charge is -2.11. The first-order valence-corrected chi connectivity index (χ1v) is 8.33. The number of alkyl halides is 1. The maximum Gasteiger partial charge on any atom is 0.261 e. The van der Waals surface area contributed by atoms with Crippen molar-refractivity contribution < 1.29 is 8.42 Å². The molecule has 0 atom stereocenters. The van der Waals surface area contributed by atoms with E-state index in [1.54, 1.807) is 24.3 Å². The van der Waals surface area contributed by atoms with Gasteiger partial charge in [0.25, 0.3) is 10.0 Å². The molecule has 0 unspecified atom stereocenters. The van der Waals surface area contributed by atoms with E-state index in [1.165, 1.54) is 18.2 Å². The Bertz CT molecular complexity index is 732. The van der Waals surface area contributed by atoms with Crippen LogP contribution >= 0.6 is 34.8 Å². The smallest absolute Gasteiger partial charge is 0.261 e. The third-order valence-electron chi connectivity index (χ3n) is 2.61. The molecule has 0 fully saturated rings. The van der Waals surface area contributed by atoms with Crippen LogP contribution in [-0.4, -0.2) is 8.42 Å². The zero-order valence-electron chi connectivity index (χ0n) is 10.1. The number of hydrogen-bond acceptors (Lipinski definition) is 2. The molecule has 2 aromatic rings. The van der Waals surface area contributed by atoms with Gasteiger partial charge in [-0.2, -0.15) is 0 Å². The topological polar surface area (TPSA) is 46.2 Å². The predicted molar refractivity (Wildman–Crippen MR) is 83.3 cm³/mol. The number of hydrogen-bond donors (Lipinski definition) is 1. The summed E-state index contributed by atoms with van der Waals surface area (Å²) in [5.74, 6) is 0.208. The van der Waals surface area contributed by atoms with E-state index < -0.39 is 10.0 Å². The van der Waals surface area contributed by atoms with Gasteiger partial charge in [-0.1, -0.05) is 41.4 Å². The van der Waals surface area contributed by atoms with Gasteiger partial charge in [0.2, 0.25) is 0 Å². The van der Waals surface area contributed by atoms with Gasteiger partial charge in [0.05, 0.1) is 20.6 Å². The van der Waals surface area contributed by atoms with E-state index in [0.29, 0.717) is 16.3 Å². The maximum atomic E-state index is 12.3.